The number of Topliss-reactive ketones (excluding diaryl/α,β-unsaturated/α-hetero) is 1. The van der Waals surface area contributed by atoms with Crippen LogP contribution >= 0.6 is 0 Å². The predicted molar refractivity (Wildman–Crippen MR) is 53.2 cm³/mol. The van der Waals surface area contributed by atoms with Crippen molar-refractivity contribution < 1.29 is 4.79 Å². The van der Waals surface area contributed by atoms with E-state index in [0.29, 0.717) is 5.78 Å². The van der Waals surface area contributed by atoms with Crippen LogP contribution in [0.3, 0.4) is 0 Å². The molecule has 0 heterocycles. The van der Waals surface area contributed by atoms with Crippen molar-refractivity contribution in [2.24, 2.45) is 0 Å². The molecule has 0 aliphatic rings. The molecule has 0 aromatic rings. The van der Waals surface area contributed by atoms with E-state index in [-0.39, 0.29) is 0 Å². The van der Waals surface area contributed by atoms with Crippen LogP contribution in [0.4, 0.5) is 0 Å². The second-order valence-electron chi connectivity index (χ2n) is 3.18. The second kappa shape index (κ2) is 8.51. The number of rotatable bonds is 7. The summed E-state index contributed by atoms with van der Waals surface area (Å²) in [5.41, 5.74) is 0. The van der Waals surface area contributed by atoms with Crippen LogP contribution in [0.25, 0.3) is 0 Å². The lowest BCUT2D eigenvalue weighted by atomic mass is 10.1. The maximum Gasteiger partial charge on any atom is 0.129 e. The molecule has 0 bridgehead atoms. The van der Waals surface area contributed by atoms with Crippen molar-refractivity contribution in [3.05, 3.63) is 12.2 Å². The van der Waals surface area contributed by atoms with Crippen LogP contribution in [-0.2, 0) is 4.79 Å². The van der Waals surface area contributed by atoms with Crippen LogP contribution in [0.15, 0.2) is 12.2 Å². The summed E-state index contributed by atoms with van der Waals surface area (Å²) in [5, 5.41) is 0. The molecule has 70 valence electrons. The van der Waals surface area contributed by atoms with Gasteiger partial charge in [0, 0.05) is 6.42 Å². The topological polar surface area (TPSA) is 17.1 Å². The molecule has 0 saturated carbocycles. The van der Waals surface area contributed by atoms with Crippen molar-refractivity contribution in [2.45, 2.75) is 52.4 Å². The van der Waals surface area contributed by atoms with Gasteiger partial charge in [-0.15, -0.1) is 0 Å². The van der Waals surface area contributed by atoms with Crippen molar-refractivity contribution >= 4 is 5.78 Å². The first-order valence-electron chi connectivity index (χ1n) is 4.91. The molecule has 0 fully saturated rings. The number of allylic oxidation sites excluding steroid dienone is 2. The summed E-state index contributed by atoms with van der Waals surface area (Å²) in [5.74, 6) is 0.319. The fourth-order valence-electron chi connectivity index (χ4n) is 1.10. The van der Waals surface area contributed by atoms with E-state index in [1.165, 1.54) is 19.3 Å². The minimum atomic E-state index is 0.319. The summed E-state index contributed by atoms with van der Waals surface area (Å²) in [6.07, 6.45) is 11.0. The van der Waals surface area contributed by atoms with E-state index in [0.717, 1.165) is 19.3 Å². The molecule has 0 aromatic carbocycles. The molecule has 0 aliphatic heterocycles. The Morgan fingerprint density at radius 2 is 1.92 bits per heavy atom. The van der Waals surface area contributed by atoms with Gasteiger partial charge >= 0.3 is 0 Å². The number of hydrogen-bond acceptors (Lipinski definition) is 1. The molecule has 0 radical (unpaired) electrons. The molecule has 0 spiro atoms. The van der Waals surface area contributed by atoms with Gasteiger partial charge in [-0.1, -0.05) is 25.5 Å². The van der Waals surface area contributed by atoms with Crippen molar-refractivity contribution in [1.29, 1.82) is 0 Å². The van der Waals surface area contributed by atoms with E-state index in [9.17, 15) is 4.79 Å². The highest BCUT2D eigenvalue weighted by atomic mass is 16.1. The van der Waals surface area contributed by atoms with Crippen molar-refractivity contribution in [3.63, 3.8) is 0 Å². The molecule has 0 saturated heterocycles. The minimum Gasteiger partial charge on any atom is -0.300 e. The molecule has 12 heavy (non-hydrogen) atoms. The standard InChI is InChI=1S/C11H20O/c1-3-4-5-6-7-8-9-10-11(2)12/h4-5H,3,6-10H2,1-2H3/b5-4+. The molecule has 0 rings (SSSR count). The van der Waals surface area contributed by atoms with Gasteiger partial charge in [-0.3, -0.25) is 0 Å². The Bertz CT molecular complexity index is 136. The molecule has 1 heteroatoms. The number of hydrogen-bond donors (Lipinski definition) is 0. The van der Waals surface area contributed by atoms with Crippen LogP contribution in [0.1, 0.15) is 52.4 Å². The van der Waals surface area contributed by atoms with Crippen LogP contribution in [0.2, 0.25) is 0 Å². The highest BCUT2D eigenvalue weighted by Crippen LogP contribution is 2.04. The van der Waals surface area contributed by atoms with Crippen LogP contribution < -0.4 is 0 Å². The summed E-state index contributed by atoms with van der Waals surface area (Å²) >= 11 is 0. The molecular formula is C11H20O. The van der Waals surface area contributed by atoms with E-state index in [1.54, 1.807) is 6.92 Å². The number of ketones is 1. The number of unbranched alkanes of at least 4 members (excludes halogenated alkanes) is 3. The van der Waals surface area contributed by atoms with Gasteiger partial charge in [-0.05, 0) is 32.6 Å². The van der Waals surface area contributed by atoms with Gasteiger partial charge in [0.1, 0.15) is 5.78 Å². The summed E-state index contributed by atoms with van der Waals surface area (Å²) in [6.45, 7) is 3.81. The van der Waals surface area contributed by atoms with Gasteiger partial charge in [0.15, 0.2) is 0 Å². The molecular weight excluding hydrogens is 148 g/mol. The average molecular weight is 168 g/mol. The van der Waals surface area contributed by atoms with Crippen molar-refractivity contribution in [2.75, 3.05) is 0 Å². The van der Waals surface area contributed by atoms with Gasteiger partial charge in [0.25, 0.3) is 0 Å². The molecule has 0 amide bonds. The van der Waals surface area contributed by atoms with E-state index >= 15 is 0 Å². The molecule has 0 aromatic heterocycles. The Balaban J connectivity index is 3.00. The molecule has 0 aliphatic carbocycles. The number of carbonyl (C=O) groups excluding carboxylic acids is 1. The fourth-order valence-corrected chi connectivity index (χ4v) is 1.10. The largest absolute Gasteiger partial charge is 0.300 e. The van der Waals surface area contributed by atoms with E-state index in [2.05, 4.69) is 19.1 Å². The highest BCUT2D eigenvalue weighted by Gasteiger charge is 1.91. The van der Waals surface area contributed by atoms with Crippen LogP contribution in [-0.4, -0.2) is 5.78 Å². The highest BCUT2D eigenvalue weighted by molar-refractivity contribution is 5.75. The third-order valence-corrected chi connectivity index (χ3v) is 1.80. The molecule has 0 unspecified atom stereocenters. The maximum absolute atomic E-state index is 10.6. The Kier molecular flexibility index (Phi) is 8.09. The third kappa shape index (κ3) is 9.41. The summed E-state index contributed by atoms with van der Waals surface area (Å²) < 4.78 is 0. The first-order chi connectivity index (χ1) is 5.77. The monoisotopic (exact) mass is 168 g/mol. The maximum atomic E-state index is 10.6. The fraction of sp³-hybridized carbons (Fsp3) is 0.727. The van der Waals surface area contributed by atoms with Gasteiger partial charge in [-0.25, -0.2) is 0 Å². The quantitative estimate of drug-likeness (QED) is 0.420. The number of carbonyl (C=O) groups is 1. The lowest BCUT2D eigenvalue weighted by molar-refractivity contribution is -0.117. The van der Waals surface area contributed by atoms with E-state index < -0.39 is 0 Å². The second-order valence-corrected chi connectivity index (χ2v) is 3.18. The Hall–Kier alpha value is -0.590. The first kappa shape index (κ1) is 11.4. The average Bonchev–Trinajstić information content (AvgIpc) is 2.02. The summed E-state index contributed by atoms with van der Waals surface area (Å²) in [6, 6.07) is 0. The predicted octanol–water partition coefficient (Wildman–Crippen LogP) is 3.49. The Morgan fingerprint density at radius 1 is 1.17 bits per heavy atom. The minimum absolute atomic E-state index is 0.319. The summed E-state index contributed by atoms with van der Waals surface area (Å²) in [4.78, 5) is 10.6. The normalized spacial score (nSPS) is 10.8. The van der Waals surface area contributed by atoms with Crippen LogP contribution in [0.5, 0.6) is 0 Å². The van der Waals surface area contributed by atoms with E-state index in [4.69, 9.17) is 0 Å². The third-order valence-electron chi connectivity index (χ3n) is 1.80. The van der Waals surface area contributed by atoms with Gasteiger partial charge < -0.3 is 4.79 Å². The first-order valence-corrected chi connectivity index (χ1v) is 4.91. The van der Waals surface area contributed by atoms with Gasteiger partial charge in [-0.2, -0.15) is 0 Å². The Labute approximate surface area is 75.9 Å². The smallest absolute Gasteiger partial charge is 0.129 e. The van der Waals surface area contributed by atoms with Crippen molar-refractivity contribution in [3.8, 4) is 0 Å². The van der Waals surface area contributed by atoms with Gasteiger partial charge in [0.2, 0.25) is 0 Å². The van der Waals surface area contributed by atoms with E-state index in [1.807, 2.05) is 0 Å². The van der Waals surface area contributed by atoms with Crippen LogP contribution in [0, 0.1) is 0 Å². The molecule has 0 N–H and O–H groups in total. The van der Waals surface area contributed by atoms with Crippen molar-refractivity contribution in [1.82, 2.24) is 0 Å². The zero-order valence-corrected chi connectivity index (χ0v) is 8.31. The molecule has 1 nitrogen and oxygen atoms in total. The SMILES string of the molecule is CC/C=C/CCCCCC(C)=O. The Morgan fingerprint density at radius 3 is 2.50 bits per heavy atom. The zero-order valence-electron chi connectivity index (χ0n) is 8.31. The lowest BCUT2D eigenvalue weighted by Crippen LogP contribution is -1.88. The summed E-state index contributed by atoms with van der Waals surface area (Å²) in [7, 11) is 0. The lowest BCUT2D eigenvalue weighted by Gasteiger charge is -1.95. The molecule has 0 atom stereocenters. The van der Waals surface area contributed by atoms with Gasteiger partial charge in [0.05, 0.1) is 0 Å². The zero-order chi connectivity index (χ0) is 9.23.